The Labute approximate surface area is 162 Å². The molecule has 4 rings (SSSR count). The molecule has 2 aromatic rings. The minimum atomic E-state index is -0.300. The van der Waals surface area contributed by atoms with Gasteiger partial charge in [0.2, 0.25) is 5.91 Å². The lowest BCUT2D eigenvalue weighted by atomic mass is 10.1. The highest BCUT2D eigenvalue weighted by Gasteiger charge is 2.33. The molecular formula is C20H20N4O4. The van der Waals surface area contributed by atoms with E-state index in [9.17, 15) is 9.59 Å². The average molecular weight is 380 g/mol. The minimum absolute atomic E-state index is 0.00688. The van der Waals surface area contributed by atoms with Gasteiger partial charge in [0.15, 0.2) is 17.8 Å². The molecule has 0 saturated carbocycles. The van der Waals surface area contributed by atoms with Gasteiger partial charge >= 0.3 is 0 Å². The fourth-order valence-electron chi connectivity index (χ4n) is 3.53. The first-order valence-electron chi connectivity index (χ1n) is 9.27. The first-order valence-corrected chi connectivity index (χ1v) is 9.27. The first kappa shape index (κ1) is 18.2. The fraction of sp³-hybridized carbons (Fsp3) is 0.400. The summed E-state index contributed by atoms with van der Waals surface area (Å²) in [6, 6.07) is 9.22. The number of benzene rings is 1. The predicted octanol–water partition coefficient (Wildman–Crippen LogP) is 1.88. The number of aromatic nitrogens is 1. The Balaban J connectivity index is 1.40. The van der Waals surface area contributed by atoms with Gasteiger partial charge in [-0.25, -0.2) is 4.98 Å². The summed E-state index contributed by atoms with van der Waals surface area (Å²) in [5.74, 6) is 0.0340. The Morgan fingerprint density at radius 1 is 1.29 bits per heavy atom. The lowest BCUT2D eigenvalue weighted by Gasteiger charge is -2.34. The lowest BCUT2D eigenvalue weighted by molar-refractivity contribution is -0.135. The van der Waals surface area contributed by atoms with Crippen molar-refractivity contribution in [2.45, 2.75) is 25.5 Å². The van der Waals surface area contributed by atoms with Crippen LogP contribution in [0.3, 0.4) is 0 Å². The molecule has 3 heterocycles. The highest BCUT2D eigenvalue weighted by atomic mass is 16.5. The number of rotatable bonds is 4. The number of piperazine rings is 1. The highest BCUT2D eigenvalue weighted by Crippen LogP contribution is 2.31. The second-order valence-corrected chi connectivity index (χ2v) is 6.92. The van der Waals surface area contributed by atoms with E-state index in [0.29, 0.717) is 37.6 Å². The van der Waals surface area contributed by atoms with Gasteiger partial charge in [-0.15, -0.1) is 0 Å². The van der Waals surface area contributed by atoms with E-state index in [4.69, 9.17) is 14.4 Å². The van der Waals surface area contributed by atoms with E-state index in [1.807, 2.05) is 12.1 Å². The van der Waals surface area contributed by atoms with Gasteiger partial charge in [-0.2, -0.15) is 5.26 Å². The molecule has 0 spiro atoms. The molecule has 1 atom stereocenters. The number of carbonyl (C=O) groups excluding carboxylic acids is 2. The number of carbonyl (C=O) groups is 2. The van der Waals surface area contributed by atoms with Crippen LogP contribution in [0.25, 0.3) is 0 Å². The quantitative estimate of drug-likeness (QED) is 0.803. The van der Waals surface area contributed by atoms with E-state index in [0.717, 1.165) is 18.4 Å². The van der Waals surface area contributed by atoms with Crippen LogP contribution < -0.4 is 0 Å². The molecule has 28 heavy (non-hydrogen) atoms. The SMILES string of the molecule is N#Cc1ccc(CN2CCN(C(=O)c3ncoc3[C@@H]3CCCO3)CC2=O)cc1. The van der Waals surface area contributed by atoms with Crippen LogP contribution in [0.2, 0.25) is 0 Å². The number of hydrogen-bond acceptors (Lipinski definition) is 6. The van der Waals surface area contributed by atoms with E-state index in [1.54, 1.807) is 17.0 Å². The molecule has 8 nitrogen and oxygen atoms in total. The molecule has 1 aromatic heterocycles. The summed E-state index contributed by atoms with van der Waals surface area (Å²) in [6.07, 6.45) is 2.74. The van der Waals surface area contributed by atoms with Gasteiger partial charge in [-0.3, -0.25) is 9.59 Å². The summed E-state index contributed by atoms with van der Waals surface area (Å²) in [5, 5.41) is 8.87. The molecule has 0 aliphatic carbocycles. The van der Waals surface area contributed by atoms with Crippen LogP contribution in [0.15, 0.2) is 35.1 Å². The van der Waals surface area contributed by atoms with Crippen LogP contribution in [0.5, 0.6) is 0 Å². The van der Waals surface area contributed by atoms with Crippen molar-refractivity contribution in [2.24, 2.45) is 0 Å². The van der Waals surface area contributed by atoms with Gasteiger partial charge in [0.1, 0.15) is 12.6 Å². The van der Waals surface area contributed by atoms with Crippen LogP contribution >= 0.6 is 0 Å². The highest BCUT2D eigenvalue weighted by molar-refractivity contribution is 5.96. The summed E-state index contributed by atoms with van der Waals surface area (Å²) in [4.78, 5) is 32.7. The molecule has 0 radical (unpaired) electrons. The Morgan fingerprint density at radius 3 is 2.79 bits per heavy atom. The standard InChI is InChI=1S/C20H20N4O4/c21-10-14-3-5-15(6-4-14)11-23-7-8-24(12-17(23)25)20(26)18-19(28-13-22-18)16-2-1-9-27-16/h3-6,13,16H,1-2,7-9,11-12H2/t16-/m0/s1. The molecule has 1 aromatic carbocycles. The van der Waals surface area contributed by atoms with Crippen LogP contribution in [-0.4, -0.2) is 52.8 Å². The summed E-state index contributed by atoms with van der Waals surface area (Å²) in [6.45, 7) is 1.98. The van der Waals surface area contributed by atoms with Gasteiger partial charge in [0.05, 0.1) is 11.6 Å². The Bertz CT molecular complexity index is 909. The van der Waals surface area contributed by atoms with Gasteiger partial charge in [0.25, 0.3) is 5.91 Å². The predicted molar refractivity (Wildman–Crippen MR) is 96.9 cm³/mol. The van der Waals surface area contributed by atoms with Crippen LogP contribution in [0, 0.1) is 11.3 Å². The van der Waals surface area contributed by atoms with Crippen molar-refractivity contribution in [3.8, 4) is 6.07 Å². The Morgan fingerprint density at radius 2 is 2.11 bits per heavy atom. The third kappa shape index (κ3) is 3.62. The zero-order valence-corrected chi connectivity index (χ0v) is 15.3. The van der Waals surface area contributed by atoms with Crippen molar-refractivity contribution in [1.29, 1.82) is 5.26 Å². The second kappa shape index (κ2) is 7.82. The van der Waals surface area contributed by atoms with Crippen molar-refractivity contribution in [1.82, 2.24) is 14.8 Å². The molecule has 2 fully saturated rings. The van der Waals surface area contributed by atoms with Gasteiger partial charge in [0, 0.05) is 26.2 Å². The molecule has 2 amide bonds. The largest absolute Gasteiger partial charge is 0.445 e. The van der Waals surface area contributed by atoms with Crippen molar-refractivity contribution in [2.75, 3.05) is 26.2 Å². The third-order valence-electron chi connectivity index (χ3n) is 5.08. The van der Waals surface area contributed by atoms with Gasteiger partial charge in [-0.1, -0.05) is 12.1 Å². The number of oxazole rings is 1. The maximum Gasteiger partial charge on any atom is 0.276 e. The maximum atomic E-state index is 12.9. The third-order valence-corrected chi connectivity index (χ3v) is 5.08. The molecule has 144 valence electrons. The van der Waals surface area contributed by atoms with Crippen molar-refractivity contribution < 1.29 is 18.7 Å². The smallest absolute Gasteiger partial charge is 0.276 e. The number of nitrogens with zero attached hydrogens (tertiary/aromatic N) is 4. The van der Waals surface area contributed by atoms with Crippen molar-refractivity contribution in [3.63, 3.8) is 0 Å². The summed E-state index contributed by atoms with van der Waals surface area (Å²) < 4.78 is 11.0. The summed E-state index contributed by atoms with van der Waals surface area (Å²) in [7, 11) is 0. The molecule has 0 unspecified atom stereocenters. The Hall–Kier alpha value is -3.18. The zero-order chi connectivity index (χ0) is 19.5. The normalized spacial score (nSPS) is 19.7. The van der Waals surface area contributed by atoms with E-state index in [1.165, 1.54) is 11.3 Å². The fourth-order valence-corrected chi connectivity index (χ4v) is 3.53. The molecule has 2 aliphatic heterocycles. The first-order chi connectivity index (χ1) is 13.7. The lowest BCUT2D eigenvalue weighted by Crippen LogP contribution is -2.52. The molecule has 0 N–H and O–H groups in total. The maximum absolute atomic E-state index is 12.9. The number of ether oxygens (including phenoxy) is 1. The Kier molecular flexibility index (Phi) is 5.08. The number of nitriles is 1. The summed E-state index contributed by atoms with van der Waals surface area (Å²) >= 11 is 0. The van der Waals surface area contributed by atoms with E-state index in [-0.39, 0.29) is 30.2 Å². The van der Waals surface area contributed by atoms with Crippen LogP contribution in [0.4, 0.5) is 0 Å². The van der Waals surface area contributed by atoms with Crippen LogP contribution in [-0.2, 0) is 16.1 Å². The average Bonchev–Trinajstić information content (AvgIpc) is 3.41. The second-order valence-electron chi connectivity index (χ2n) is 6.92. The number of amides is 2. The number of hydrogen-bond donors (Lipinski definition) is 0. The summed E-state index contributed by atoms with van der Waals surface area (Å²) in [5.41, 5.74) is 1.77. The molecule has 2 saturated heterocycles. The zero-order valence-electron chi connectivity index (χ0n) is 15.3. The molecule has 8 heteroatoms. The monoisotopic (exact) mass is 380 g/mol. The topological polar surface area (TPSA) is 99.7 Å². The minimum Gasteiger partial charge on any atom is -0.445 e. The molecule has 0 bridgehead atoms. The van der Waals surface area contributed by atoms with Crippen molar-refractivity contribution >= 4 is 11.8 Å². The molecule has 2 aliphatic rings. The van der Waals surface area contributed by atoms with E-state index < -0.39 is 0 Å². The van der Waals surface area contributed by atoms with E-state index in [2.05, 4.69) is 11.1 Å². The van der Waals surface area contributed by atoms with Crippen LogP contribution in [0.1, 0.15) is 46.3 Å². The van der Waals surface area contributed by atoms with E-state index >= 15 is 0 Å². The molecular weight excluding hydrogens is 360 g/mol. The van der Waals surface area contributed by atoms with Gasteiger partial charge in [-0.05, 0) is 30.5 Å². The van der Waals surface area contributed by atoms with Crippen molar-refractivity contribution in [3.05, 3.63) is 53.2 Å². The van der Waals surface area contributed by atoms with Gasteiger partial charge < -0.3 is 19.0 Å².